The smallest absolute Gasteiger partial charge is 0.261 e. The van der Waals surface area contributed by atoms with E-state index in [0.29, 0.717) is 16.8 Å². The molecule has 140 valence electrons. The Bertz CT molecular complexity index is 1160. The van der Waals surface area contributed by atoms with Crippen molar-refractivity contribution in [2.45, 2.75) is 6.54 Å². The Labute approximate surface area is 159 Å². The molecule has 1 aromatic heterocycles. The number of aromatic nitrogens is 2. The summed E-state index contributed by atoms with van der Waals surface area (Å²) in [7, 11) is 0. The zero-order valence-electron chi connectivity index (χ0n) is 14.6. The lowest BCUT2D eigenvalue weighted by atomic mass is 10.2. The van der Waals surface area contributed by atoms with E-state index < -0.39 is 23.2 Å². The van der Waals surface area contributed by atoms with Crippen LogP contribution in [0.15, 0.2) is 53.6 Å². The third-order valence-corrected chi connectivity index (χ3v) is 3.86. The van der Waals surface area contributed by atoms with Crippen LogP contribution in [0.3, 0.4) is 0 Å². The number of hydrogen-bond donors (Lipinski definition) is 2. The van der Waals surface area contributed by atoms with Crippen molar-refractivity contribution < 1.29 is 14.0 Å². The molecule has 0 aliphatic carbocycles. The first-order valence-electron chi connectivity index (χ1n) is 8.24. The second kappa shape index (κ2) is 8.14. The molecule has 0 fully saturated rings. The molecule has 0 saturated carbocycles. The maximum atomic E-state index is 13.3. The predicted molar refractivity (Wildman–Crippen MR) is 102 cm³/mol. The average molecular weight is 378 g/mol. The second-order valence-electron chi connectivity index (χ2n) is 5.89. The Morgan fingerprint density at radius 2 is 2.00 bits per heavy atom. The molecular weight excluding hydrogens is 363 g/mol. The number of amides is 2. The van der Waals surface area contributed by atoms with Gasteiger partial charge in [-0.25, -0.2) is 9.37 Å². The van der Waals surface area contributed by atoms with Crippen LogP contribution in [0, 0.1) is 18.2 Å². The summed E-state index contributed by atoms with van der Waals surface area (Å²) in [5.41, 5.74) is 0.903. The Morgan fingerprint density at radius 1 is 1.18 bits per heavy atom. The summed E-state index contributed by atoms with van der Waals surface area (Å²) in [6.07, 6.45) is 6.50. The number of nitrogens with zero attached hydrogens (tertiary/aromatic N) is 2. The molecule has 0 radical (unpaired) electrons. The number of rotatable bonds is 5. The van der Waals surface area contributed by atoms with Crippen LogP contribution in [0.25, 0.3) is 10.9 Å². The molecule has 0 bridgehead atoms. The van der Waals surface area contributed by atoms with E-state index in [4.69, 9.17) is 6.42 Å². The van der Waals surface area contributed by atoms with Gasteiger partial charge in [0.25, 0.3) is 5.56 Å². The molecule has 0 aliphatic rings. The van der Waals surface area contributed by atoms with Crippen LogP contribution in [0.2, 0.25) is 0 Å². The fourth-order valence-corrected chi connectivity index (χ4v) is 2.53. The highest BCUT2D eigenvalue weighted by molar-refractivity contribution is 5.94. The predicted octanol–water partition coefficient (Wildman–Crippen LogP) is 1.27. The summed E-state index contributed by atoms with van der Waals surface area (Å²) in [6.45, 7) is -0.637. The Balaban J connectivity index is 1.60. The maximum absolute atomic E-state index is 13.3. The van der Waals surface area contributed by atoms with Gasteiger partial charge in [-0.3, -0.25) is 19.0 Å². The number of hydrogen-bond acceptors (Lipinski definition) is 4. The second-order valence-corrected chi connectivity index (χ2v) is 5.89. The summed E-state index contributed by atoms with van der Waals surface area (Å²) >= 11 is 0. The fourth-order valence-electron chi connectivity index (χ4n) is 2.53. The quantitative estimate of drug-likeness (QED) is 0.654. The normalized spacial score (nSPS) is 10.3. The van der Waals surface area contributed by atoms with Crippen molar-refractivity contribution in [1.29, 1.82) is 0 Å². The molecule has 0 saturated heterocycles. The van der Waals surface area contributed by atoms with Crippen molar-refractivity contribution in [2.24, 2.45) is 0 Å². The van der Waals surface area contributed by atoms with Crippen LogP contribution in [-0.2, 0) is 16.1 Å². The van der Waals surface area contributed by atoms with Crippen molar-refractivity contribution >= 4 is 28.4 Å². The molecule has 2 N–H and O–H groups in total. The molecule has 1 heterocycles. The van der Waals surface area contributed by atoms with E-state index in [1.165, 1.54) is 18.5 Å². The molecule has 3 aromatic rings. The van der Waals surface area contributed by atoms with Crippen molar-refractivity contribution in [2.75, 3.05) is 11.9 Å². The number of carbonyl (C=O) groups is 2. The standard InChI is InChI=1S/C20H15FN4O3/c1-2-13-4-3-5-15(8-13)24-18(26)10-22-19(27)11-25-12-23-17-7-6-14(21)9-16(17)20(25)28/h1,3-9,12H,10-11H2,(H,22,27)(H,24,26). The van der Waals surface area contributed by atoms with Crippen LogP contribution < -0.4 is 16.2 Å². The number of anilines is 1. The molecule has 2 aromatic carbocycles. The molecular formula is C20H15FN4O3. The highest BCUT2D eigenvalue weighted by Crippen LogP contribution is 2.09. The number of carbonyl (C=O) groups excluding carboxylic acids is 2. The first kappa shape index (κ1) is 18.8. The van der Waals surface area contributed by atoms with Crippen molar-refractivity contribution in [3.63, 3.8) is 0 Å². The molecule has 28 heavy (non-hydrogen) atoms. The van der Waals surface area contributed by atoms with Gasteiger partial charge in [0, 0.05) is 11.3 Å². The zero-order chi connectivity index (χ0) is 20.1. The molecule has 0 spiro atoms. The summed E-state index contributed by atoms with van der Waals surface area (Å²) < 4.78 is 14.4. The average Bonchev–Trinajstić information content (AvgIpc) is 2.69. The number of benzene rings is 2. The van der Waals surface area contributed by atoms with E-state index in [1.807, 2.05) is 0 Å². The molecule has 3 rings (SSSR count). The van der Waals surface area contributed by atoms with Gasteiger partial charge in [0.2, 0.25) is 11.8 Å². The van der Waals surface area contributed by atoms with E-state index >= 15 is 0 Å². The van der Waals surface area contributed by atoms with E-state index in [1.54, 1.807) is 24.3 Å². The van der Waals surface area contributed by atoms with E-state index in [-0.39, 0.29) is 18.5 Å². The lowest BCUT2D eigenvalue weighted by Crippen LogP contribution is -2.37. The van der Waals surface area contributed by atoms with Crippen molar-refractivity contribution in [3.8, 4) is 12.3 Å². The number of halogens is 1. The zero-order valence-corrected chi connectivity index (χ0v) is 14.6. The van der Waals surface area contributed by atoms with Gasteiger partial charge in [0.1, 0.15) is 12.4 Å². The van der Waals surface area contributed by atoms with Crippen molar-refractivity contribution in [3.05, 3.63) is 70.5 Å². The maximum Gasteiger partial charge on any atom is 0.261 e. The SMILES string of the molecule is C#Cc1cccc(NC(=O)CNC(=O)Cn2cnc3ccc(F)cc3c2=O)c1. The minimum atomic E-state index is -0.570. The van der Waals surface area contributed by atoms with Crippen LogP contribution in [-0.4, -0.2) is 27.9 Å². The van der Waals surface area contributed by atoms with Gasteiger partial charge in [-0.05, 0) is 36.4 Å². The van der Waals surface area contributed by atoms with E-state index in [9.17, 15) is 18.8 Å². The number of terminal acetylenes is 1. The first-order valence-corrected chi connectivity index (χ1v) is 8.24. The molecule has 0 atom stereocenters. The third-order valence-electron chi connectivity index (χ3n) is 3.86. The monoisotopic (exact) mass is 378 g/mol. The highest BCUT2D eigenvalue weighted by atomic mass is 19.1. The van der Waals surface area contributed by atoms with Gasteiger partial charge in [0.15, 0.2) is 0 Å². The van der Waals surface area contributed by atoms with E-state index in [2.05, 4.69) is 21.5 Å². The number of nitrogens with one attached hydrogen (secondary N) is 2. The van der Waals surface area contributed by atoms with Gasteiger partial charge in [0.05, 0.1) is 23.8 Å². The molecule has 0 unspecified atom stereocenters. The van der Waals surface area contributed by atoms with Crippen LogP contribution in [0.5, 0.6) is 0 Å². The minimum absolute atomic E-state index is 0.0708. The van der Waals surface area contributed by atoms with Crippen molar-refractivity contribution in [1.82, 2.24) is 14.9 Å². The Morgan fingerprint density at radius 3 is 2.79 bits per heavy atom. The molecule has 8 heteroatoms. The lowest BCUT2D eigenvalue weighted by Gasteiger charge is -2.09. The summed E-state index contributed by atoms with van der Waals surface area (Å²) in [6, 6.07) is 10.4. The van der Waals surface area contributed by atoms with E-state index in [0.717, 1.165) is 10.6 Å². The third kappa shape index (κ3) is 4.40. The van der Waals surface area contributed by atoms with Gasteiger partial charge in [-0.2, -0.15) is 0 Å². The van der Waals surface area contributed by atoms with Gasteiger partial charge < -0.3 is 10.6 Å². The molecule has 2 amide bonds. The fraction of sp³-hybridized carbons (Fsp3) is 0.100. The van der Waals surface area contributed by atoms with Gasteiger partial charge in [-0.1, -0.05) is 12.0 Å². The molecule has 0 aliphatic heterocycles. The minimum Gasteiger partial charge on any atom is -0.345 e. The highest BCUT2D eigenvalue weighted by Gasteiger charge is 2.10. The lowest BCUT2D eigenvalue weighted by molar-refractivity contribution is -0.124. The Hall–Kier alpha value is -3.99. The first-order chi connectivity index (χ1) is 13.5. The summed E-state index contributed by atoms with van der Waals surface area (Å²) in [5, 5.41) is 5.09. The largest absolute Gasteiger partial charge is 0.345 e. The summed E-state index contributed by atoms with van der Waals surface area (Å²) in [4.78, 5) is 40.4. The van der Waals surface area contributed by atoms with Crippen LogP contribution in [0.4, 0.5) is 10.1 Å². The van der Waals surface area contributed by atoms with Crippen LogP contribution >= 0.6 is 0 Å². The topological polar surface area (TPSA) is 93.1 Å². The number of fused-ring (bicyclic) bond motifs is 1. The summed E-state index contributed by atoms with van der Waals surface area (Å²) in [5.74, 6) is 0.873. The molecule has 7 nitrogen and oxygen atoms in total. The van der Waals surface area contributed by atoms with Crippen LogP contribution in [0.1, 0.15) is 5.56 Å². The van der Waals surface area contributed by atoms with Gasteiger partial charge >= 0.3 is 0 Å². The Kier molecular flexibility index (Phi) is 5.46. The van der Waals surface area contributed by atoms with Gasteiger partial charge in [-0.15, -0.1) is 6.42 Å².